The fourth-order valence-corrected chi connectivity index (χ4v) is 4.98. The van der Waals surface area contributed by atoms with Crippen LogP contribution < -0.4 is 9.05 Å². The number of rotatable bonds is 6. The van der Waals surface area contributed by atoms with Gasteiger partial charge in [-0.05, 0) is 0 Å². The Labute approximate surface area is 145 Å². The molecule has 2 aromatic rings. The Balaban J connectivity index is 2.36. The number of hydrogen-bond acceptors (Lipinski definition) is 2. The molecule has 0 heterocycles. The zero-order chi connectivity index (χ0) is 17.1. The summed E-state index contributed by atoms with van der Waals surface area (Å²) in [4.78, 5) is 0. The number of aryl methyl sites for hydroxylation is 2. The van der Waals surface area contributed by atoms with E-state index in [4.69, 9.17) is 20.3 Å². The average molecular weight is 353 g/mol. The van der Waals surface area contributed by atoms with E-state index >= 15 is 0 Å². The van der Waals surface area contributed by atoms with Crippen LogP contribution in [0.1, 0.15) is 38.3 Å². The Morgan fingerprint density at radius 3 is 1.70 bits per heavy atom. The molecule has 0 spiro atoms. The Bertz CT molecular complexity index is 622. The van der Waals surface area contributed by atoms with Gasteiger partial charge in [0.2, 0.25) is 0 Å². The van der Waals surface area contributed by atoms with Crippen LogP contribution in [0.3, 0.4) is 0 Å². The predicted octanol–water partition coefficient (Wildman–Crippen LogP) is 6.68. The zero-order valence-electron chi connectivity index (χ0n) is 14.5. The SMILES string of the molecule is CCC(C)(C)[PH](Cl)(Oc1cccc(C)c1)Oc1cccc(C)c1. The Hall–Kier alpha value is -1.24. The van der Waals surface area contributed by atoms with Crippen LogP contribution in [-0.2, 0) is 0 Å². The fraction of sp³-hybridized carbons (Fsp3) is 0.368. The quantitative estimate of drug-likeness (QED) is 0.539. The summed E-state index contributed by atoms with van der Waals surface area (Å²) in [6, 6.07) is 15.9. The minimum absolute atomic E-state index is 0.248. The molecule has 0 radical (unpaired) electrons. The molecule has 0 aliphatic heterocycles. The third kappa shape index (κ3) is 4.40. The summed E-state index contributed by atoms with van der Waals surface area (Å²) in [5.74, 6) is 1.53. The minimum atomic E-state index is -3.03. The summed E-state index contributed by atoms with van der Waals surface area (Å²) >= 11 is 7.00. The number of hydrogen-bond donors (Lipinski definition) is 0. The first kappa shape index (κ1) is 18.1. The van der Waals surface area contributed by atoms with Crippen molar-refractivity contribution in [2.24, 2.45) is 0 Å². The summed E-state index contributed by atoms with van der Waals surface area (Å²) in [5.41, 5.74) is 2.28. The van der Waals surface area contributed by atoms with E-state index in [2.05, 4.69) is 20.8 Å². The molecule has 0 atom stereocenters. The van der Waals surface area contributed by atoms with Crippen molar-refractivity contribution < 1.29 is 9.05 Å². The average Bonchev–Trinajstić information content (AvgIpc) is 2.47. The topological polar surface area (TPSA) is 18.5 Å². The molecule has 2 nitrogen and oxygen atoms in total. The van der Waals surface area contributed by atoms with Gasteiger partial charge in [0.1, 0.15) is 0 Å². The summed E-state index contributed by atoms with van der Waals surface area (Å²) < 4.78 is 12.5. The first-order chi connectivity index (χ1) is 10.8. The van der Waals surface area contributed by atoms with Crippen LogP contribution in [0.25, 0.3) is 0 Å². The van der Waals surface area contributed by atoms with Crippen molar-refractivity contribution in [2.75, 3.05) is 0 Å². The van der Waals surface area contributed by atoms with Gasteiger partial charge >= 0.3 is 145 Å². The van der Waals surface area contributed by atoms with Crippen molar-refractivity contribution in [3.63, 3.8) is 0 Å². The van der Waals surface area contributed by atoms with Crippen LogP contribution in [0.5, 0.6) is 11.5 Å². The van der Waals surface area contributed by atoms with Crippen LogP contribution in [0.15, 0.2) is 48.5 Å². The van der Waals surface area contributed by atoms with E-state index in [9.17, 15) is 0 Å². The molecule has 2 rings (SSSR count). The second-order valence-corrected chi connectivity index (χ2v) is 10.9. The van der Waals surface area contributed by atoms with Crippen molar-refractivity contribution in [2.45, 2.75) is 46.2 Å². The Morgan fingerprint density at radius 2 is 1.35 bits per heavy atom. The third-order valence-corrected chi connectivity index (χ3v) is 9.13. The van der Waals surface area contributed by atoms with Crippen molar-refractivity contribution in [1.29, 1.82) is 0 Å². The molecule has 0 amide bonds. The molecule has 23 heavy (non-hydrogen) atoms. The summed E-state index contributed by atoms with van der Waals surface area (Å²) in [6.07, 6.45) is 0.875. The predicted molar refractivity (Wildman–Crippen MR) is 102 cm³/mol. The van der Waals surface area contributed by atoms with Crippen LogP contribution in [-0.4, -0.2) is 5.16 Å². The number of halogens is 1. The first-order valence-corrected chi connectivity index (χ1v) is 10.8. The normalized spacial score (nSPS) is 12.8. The van der Waals surface area contributed by atoms with E-state index in [-0.39, 0.29) is 5.16 Å². The van der Waals surface area contributed by atoms with Gasteiger partial charge in [0.15, 0.2) is 0 Å². The van der Waals surface area contributed by atoms with Crippen molar-refractivity contribution >= 4 is 18.3 Å². The van der Waals surface area contributed by atoms with Crippen LogP contribution in [0.4, 0.5) is 0 Å². The molecular weight excluding hydrogens is 327 g/mol. The van der Waals surface area contributed by atoms with Gasteiger partial charge in [-0.25, -0.2) is 0 Å². The summed E-state index contributed by atoms with van der Waals surface area (Å²) in [6.45, 7) is 10.4. The first-order valence-electron chi connectivity index (χ1n) is 7.96. The van der Waals surface area contributed by atoms with Gasteiger partial charge in [-0.2, -0.15) is 0 Å². The fourth-order valence-electron chi connectivity index (χ4n) is 2.17. The standard InChI is InChI=1S/C19H26ClO2P/c1-6-19(4,5)23(20,21-17-11-7-9-15(2)13-17)22-18-12-8-10-16(3)14-18/h7-14,23H,6H2,1-5H3. The van der Waals surface area contributed by atoms with Crippen LogP contribution in [0, 0.1) is 13.8 Å². The van der Waals surface area contributed by atoms with Crippen LogP contribution in [0.2, 0.25) is 0 Å². The molecule has 126 valence electrons. The molecular formula is C19H26ClO2P. The van der Waals surface area contributed by atoms with E-state index in [0.717, 1.165) is 29.0 Å². The van der Waals surface area contributed by atoms with E-state index < -0.39 is 7.07 Å². The Kier molecular flexibility index (Phi) is 5.60. The monoisotopic (exact) mass is 352 g/mol. The molecule has 0 unspecified atom stereocenters. The molecule has 0 aliphatic rings. The van der Waals surface area contributed by atoms with Crippen molar-refractivity contribution in [1.82, 2.24) is 0 Å². The molecule has 0 aromatic heterocycles. The molecule has 0 N–H and O–H groups in total. The van der Waals surface area contributed by atoms with E-state index in [1.807, 2.05) is 62.4 Å². The summed E-state index contributed by atoms with van der Waals surface area (Å²) in [7, 11) is -3.03. The van der Waals surface area contributed by atoms with Crippen molar-refractivity contribution in [3.05, 3.63) is 59.7 Å². The van der Waals surface area contributed by atoms with Crippen LogP contribution >= 0.6 is 18.3 Å². The number of benzene rings is 2. The maximum atomic E-state index is 7.00. The van der Waals surface area contributed by atoms with E-state index in [1.54, 1.807) is 0 Å². The maximum absolute atomic E-state index is 7.00. The molecule has 4 heteroatoms. The van der Waals surface area contributed by atoms with Gasteiger partial charge in [-0.1, -0.05) is 0 Å². The molecule has 0 aliphatic carbocycles. The third-order valence-electron chi connectivity index (χ3n) is 4.17. The molecule has 0 saturated carbocycles. The van der Waals surface area contributed by atoms with Gasteiger partial charge in [0.25, 0.3) is 0 Å². The second kappa shape index (κ2) is 7.11. The molecule has 0 fully saturated rings. The Morgan fingerprint density at radius 1 is 0.913 bits per heavy atom. The van der Waals surface area contributed by atoms with Gasteiger partial charge in [0, 0.05) is 0 Å². The van der Waals surface area contributed by atoms with Gasteiger partial charge in [-0.3, -0.25) is 0 Å². The molecule has 0 saturated heterocycles. The van der Waals surface area contributed by atoms with Gasteiger partial charge in [-0.15, -0.1) is 0 Å². The second-order valence-electron chi connectivity index (χ2n) is 6.61. The van der Waals surface area contributed by atoms with Gasteiger partial charge in [0.05, 0.1) is 0 Å². The van der Waals surface area contributed by atoms with E-state index in [0.29, 0.717) is 0 Å². The summed E-state index contributed by atoms with van der Waals surface area (Å²) in [5, 5.41) is -0.248. The molecule has 2 aromatic carbocycles. The molecule has 0 bridgehead atoms. The van der Waals surface area contributed by atoms with Crippen molar-refractivity contribution in [3.8, 4) is 11.5 Å². The van der Waals surface area contributed by atoms with Gasteiger partial charge < -0.3 is 0 Å². The van der Waals surface area contributed by atoms with E-state index in [1.165, 1.54) is 0 Å². The zero-order valence-corrected chi connectivity index (χ0v) is 16.3.